The molecule has 1 N–H and O–H groups in total. The van der Waals surface area contributed by atoms with Crippen molar-refractivity contribution in [2.24, 2.45) is 0 Å². The number of hydrogen-bond acceptors (Lipinski definition) is 6. The van der Waals surface area contributed by atoms with E-state index in [4.69, 9.17) is 4.74 Å². The highest BCUT2D eigenvalue weighted by atomic mass is 32.1. The Morgan fingerprint density at radius 3 is 2.63 bits per heavy atom. The van der Waals surface area contributed by atoms with Crippen LogP contribution in [0.5, 0.6) is 0 Å². The second-order valence-corrected chi connectivity index (χ2v) is 11.8. The molecule has 3 aromatic carbocycles. The number of ketones is 1. The summed E-state index contributed by atoms with van der Waals surface area (Å²) in [5, 5.41) is 10.7. The predicted molar refractivity (Wildman–Crippen MR) is 159 cm³/mol. The van der Waals surface area contributed by atoms with Crippen molar-refractivity contribution in [3.8, 4) is 0 Å². The van der Waals surface area contributed by atoms with E-state index in [1.165, 1.54) is 24.4 Å². The number of ether oxygens (including phenoxy) is 1. The molecule has 1 unspecified atom stereocenters. The Bertz CT molecular complexity index is 1710. The van der Waals surface area contributed by atoms with E-state index in [0.29, 0.717) is 12.3 Å². The van der Waals surface area contributed by atoms with Crippen molar-refractivity contribution < 1.29 is 23.8 Å². The number of thiazole rings is 1. The topological polar surface area (TPSA) is 79.7 Å². The molecule has 0 spiro atoms. The van der Waals surface area contributed by atoms with Crippen molar-refractivity contribution in [3.05, 3.63) is 107 Å². The molecule has 1 saturated heterocycles. The molecule has 3 heterocycles. The van der Waals surface area contributed by atoms with E-state index in [0.717, 1.165) is 57.2 Å². The first-order valence-electron chi connectivity index (χ1n) is 13.4. The molecule has 0 radical (unpaired) electrons. The van der Waals surface area contributed by atoms with Gasteiger partial charge in [0.15, 0.2) is 11.3 Å². The van der Waals surface area contributed by atoms with Crippen LogP contribution in [0.25, 0.3) is 15.9 Å². The summed E-state index contributed by atoms with van der Waals surface area (Å²) in [4.78, 5) is 31.6. The normalized spacial score (nSPS) is 20.8. The number of nitrogens with zero attached hydrogens (tertiary/aromatic N) is 3. The number of carboxylic acid groups (broad SMARTS) is 1. The van der Waals surface area contributed by atoms with Crippen LogP contribution in [-0.2, 0) is 20.9 Å². The van der Waals surface area contributed by atoms with Gasteiger partial charge in [0.2, 0.25) is 5.78 Å². The fourth-order valence-electron chi connectivity index (χ4n) is 5.51. The smallest absolute Gasteiger partial charge is 0.345 e. The summed E-state index contributed by atoms with van der Waals surface area (Å²) >= 11 is 1.58. The molecule has 41 heavy (non-hydrogen) atoms. The number of fused-ring (bicyclic) bond motifs is 1. The molecule has 2 aliphatic rings. The van der Waals surface area contributed by atoms with Gasteiger partial charge in [0, 0.05) is 42.5 Å². The van der Waals surface area contributed by atoms with Gasteiger partial charge in [-0.25, -0.2) is 18.7 Å². The maximum absolute atomic E-state index is 13.2. The van der Waals surface area contributed by atoms with Crippen molar-refractivity contribution in [1.82, 2.24) is 9.47 Å². The van der Waals surface area contributed by atoms with E-state index >= 15 is 0 Å². The third-order valence-electron chi connectivity index (χ3n) is 7.74. The maximum atomic E-state index is 13.2. The lowest BCUT2D eigenvalue weighted by molar-refractivity contribution is -0.134. The minimum absolute atomic E-state index is 0.0304. The van der Waals surface area contributed by atoms with E-state index < -0.39 is 11.8 Å². The number of rotatable bonds is 7. The Balaban J connectivity index is 1.24. The fraction of sp³-hybridized carbons (Fsp3) is 0.219. The minimum Gasteiger partial charge on any atom is -0.477 e. The van der Waals surface area contributed by atoms with Crippen molar-refractivity contribution >= 4 is 50.4 Å². The first-order chi connectivity index (χ1) is 19.7. The summed E-state index contributed by atoms with van der Waals surface area (Å²) in [7, 11) is 1.90. The molecule has 2 atom stereocenters. The van der Waals surface area contributed by atoms with Crippen molar-refractivity contribution in [2.45, 2.75) is 26.1 Å². The lowest BCUT2D eigenvalue weighted by Crippen LogP contribution is -2.41. The number of hydrogen-bond donors (Lipinski definition) is 1. The van der Waals surface area contributed by atoms with Gasteiger partial charge in [-0.2, -0.15) is 0 Å². The van der Waals surface area contributed by atoms with Crippen LogP contribution in [0.15, 0.2) is 84.6 Å². The number of carbonyl (C=O) groups excluding carboxylic acids is 1. The summed E-state index contributed by atoms with van der Waals surface area (Å²) in [6.07, 6.45) is 3.92. The van der Waals surface area contributed by atoms with E-state index in [2.05, 4.69) is 9.88 Å². The molecule has 0 saturated carbocycles. The SMILES string of the molecule is Cc1nc2ccc([N+]3(C)C=C(C(=O)O)C(=O)C=C3c3ccc(N4CC[C@@H](OCc5ccc(F)cc5)C4)cc3)cc2s1. The number of anilines is 1. The Labute approximate surface area is 241 Å². The Hall–Kier alpha value is -4.18. The molecule has 208 valence electrons. The van der Waals surface area contributed by atoms with Crippen LogP contribution in [0, 0.1) is 12.7 Å². The zero-order valence-corrected chi connectivity index (χ0v) is 23.5. The van der Waals surface area contributed by atoms with Gasteiger partial charge in [-0.05, 0) is 61.4 Å². The number of quaternary nitrogens is 1. The Morgan fingerprint density at radius 2 is 1.90 bits per heavy atom. The molecule has 7 nitrogen and oxygen atoms in total. The van der Waals surface area contributed by atoms with E-state index in [9.17, 15) is 19.1 Å². The Morgan fingerprint density at radius 1 is 1.15 bits per heavy atom. The van der Waals surface area contributed by atoms with E-state index in [1.807, 2.05) is 56.4 Å². The van der Waals surface area contributed by atoms with E-state index in [-0.39, 0.29) is 22.0 Å². The third-order valence-corrected chi connectivity index (χ3v) is 8.67. The highest BCUT2D eigenvalue weighted by molar-refractivity contribution is 7.18. The van der Waals surface area contributed by atoms with Crippen molar-refractivity contribution in [1.29, 1.82) is 0 Å². The fourth-order valence-corrected chi connectivity index (χ4v) is 6.37. The van der Waals surface area contributed by atoms with Crippen LogP contribution in [0.4, 0.5) is 15.8 Å². The number of allylic oxidation sites excluding steroid dienone is 1. The van der Waals surface area contributed by atoms with Crippen molar-refractivity contribution in [3.63, 3.8) is 0 Å². The van der Waals surface area contributed by atoms with Gasteiger partial charge in [0.1, 0.15) is 17.7 Å². The van der Waals surface area contributed by atoms with Crippen LogP contribution >= 0.6 is 11.3 Å². The lowest BCUT2D eigenvalue weighted by Gasteiger charge is -2.34. The first kappa shape index (κ1) is 27.0. The average molecular weight is 571 g/mol. The molecule has 0 amide bonds. The second kappa shape index (κ2) is 10.7. The van der Waals surface area contributed by atoms with Crippen LogP contribution in [0.3, 0.4) is 0 Å². The molecule has 1 aromatic heterocycles. The summed E-state index contributed by atoms with van der Waals surface area (Å²) in [5.74, 6) is -2.03. The van der Waals surface area contributed by atoms with Crippen LogP contribution in [0.1, 0.15) is 22.6 Å². The molecule has 9 heteroatoms. The monoisotopic (exact) mass is 570 g/mol. The number of aromatic nitrogens is 1. The second-order valence-electron chi connectivity index (χ2n) is 10.5. The molecule has 4 aromatic rings. The number of aliphatic carboxylic acids is 1. The summed E-state index contributed by atoms with van der Waals surface area (Å²) in [6.45, 7) is 3.99. The standard InChI is InChI=1S/C32H28FN3O4S/c1-20-34-28-12-11-25(15-31(28)41-20)36(2)18-27(32(38)39)30(37)16-29(36)22-5-9-24(10-6-22)35-14-13-26(17-35)40-19-21-3-7-23(33)8-4-21/h3-12,15-16,18,26H,13-14,17,19H2,1-2H3/p+1/t26-,36?/m1/s1. The highest BCUT2D eigenvalue weighted by Gasteiger charge is 2.39. The minimum atomic E-state index is -1.25. The molecule has 0 bridgehead atoms. The number of halogens is 1. The first-order valence-corrected chi connectivity index (χ1v) is 14.2. The van der Waals surface area contributed by atoms with Gasteiger partial charge in [-0.1, -0.05) is 12.1 Å². The van der Waals surface area contributed by atoms with Crippen molar-refractivity contribution in [2.75, 3.05) is 25.0 Å². The predicted octanol–water partition coefficient (Wildman–Crippen LogP) is 6.07. The number of benzene rings is 3. The highest BCUT2D eigenvalue weighted by Crippen LogP contribution is 2.40. The van der Waals surface area contributed by atoms with Gasteiger partial charge in [0.25, 0.3) is 0 Å². The van der Waals surface area contributed by atoms with E-state index in [1.54, 1.807) is 23.5 Å². The lowest BCUT2D eigenvalue weighted by atomic mass is 9.99. The average Bonchev–Trinajstić information content (AvgIpc) is 3.59. The van der Waals surface area contributed by atoms with Gasteiger partial charge >= 0.3 is 5.97 Å². The van der Waals surface area contributed by atoms with Gasteiger partial charge in [0.05, 0.1) is 35.0 Å². The Kier molecular flexibility index (Phi) is 7.03. The summed E-state index contributed by atoms with van der Waals surface area (Å²) < 4.78 is 20.3. The van der Waals surface area contributed by atoms with Crippen LogP contribution < -0.4 is 9.38 Å². The molecular formula is C32H29FN3O4S+. The van der Waals surface area contributed by atoms with Crippen LogP contribution in [0.2, 0.25) is 0 Å². The molecule has 0 aliphatic carbocycles. The number of aryl methyl sites for hydroxylation is 1. The van der Waals surface area contributed by atoms with Gasteiger partial charge in [-0.3, -0.25) is 4.79 Å². The van der Waals surface area contributed by atoms with Gasteiger partial charge < -0.3 is 14.7 Å². The molecule has 1 fully saturated rings. The summed E-state index contributed by atoms with van der Waals surface area (Å²) in [6, 6.07) is 20.3. The molecular weight excluding hydrogens is 541 g/mol. The zero-order valence-electron chi connectivity index (χ0n) is 22.7. The molecule has 2 aliphatic heterocycles. The zero-order chi connectivity index (χ0) is 28.7. The van der Waals surface area contributed by atoms with Crippen LogP contribution in [-0.4, -0.2) is 48.1 Å². The maximum Gasteiger partial charge on any atom is 0.345 e. The largest absolute Gasteiger partial charge is 0.477 e. The quantitative estimate of drug-likeness (QED) is 0.215. The van der Waals surface area contributed by atoms with Gasteiger partial charge in [-0.15, -0.1) is 11.3 Å². The summed E-state index contributed by atoms with van der Waals surface area (Å²) in [5.41, 5.74) is 4.97. The third kappa shape index (κ3) is 5.31. The number of carbonyl (C=O) groups is 2. The molecule has 6 rings (SSSR count). The number of carboxylic acids is 1.